The molecule has 0 rings (SSSR count). The molecule has 0 amide bonds. The van der Waals surface area contributed by atoms with Gasteiger partial charge in [0.15, 0.2) is 0 Å². The number of carboxylic acids is 4. The molecule has 0 spiro atoms. The number of nitrogens with two attached hydrogens (primary N) is 1. The fourth-order valence-corrected chi connectivity index (χ4v) is 2.23. The van der Waals surface area contributed by atoms with Gasteiger partial charge in [0.25, 0.3) is 0 Å². The molecule has 0 radical (unpaired) electrons. The summed E-state index contributed by atoms with van der Waals surface area (Å²) in [5.74, 6) is -5.54. The largest absolute Gasteiger partial charge is 0.481 e. The Morgan fingerprint density at radius 1 is 0.852 bits per heavy atom. The number of hydrogen-bond acceptors (Lipinski definition) is 8. The normalized spacial score (nSPS) is 9.70. The molecule has 0 aromatic carbocycles. The number of carboxylic acid groups (broad SMARTS) is 4. The van der Waals surface area contributed by atoms with Crippen LogP contribution >= 0.6 is 0 Å². The van der Waals surface area contributed by atoms with Crippen LogP contribution in [0.25, 0.3) is 0 Å². The van der Waals surface area contributed by atoms with Crippen molar-refractivity contribution in [2.75, 3.05) is 32.7 Å². The average molecular weight is 444 g/mol. The van der Waals surface area contributed by atoms with E-state index in [1.807, 2.05) is 0 Å². The van der Waals surface area contributed by atoms with Crippen molar-refractivity contribution in [2.45, 2.75) is 18.4 Å². The van der Waals surface area contributed by atoms with E-state index in [4.69, 9.17) is 26.2 Å². The minimum atomic E-state index is -1.72. The van der Waals surface area contributed by atoms with E-state index in [9.17, 15) is 19.2 Å². The molecular weight excluding hydrogens is 416 g/mol. The molecule has 0 aromatic heterocycles. The third kappa shape index (κ3) is 15.0. The summed E-state index contributed by atoms with van der Waals surface area (Å²) in [5, 5.41) is 38.7. The molecule has 164 valence electrons. The zero-order valence-corrected chi connectivity index (χ0v) is 15.6. The van der Waals surface area contributed by atoms with Gasteiger partial charge in [-0.3, -0.25) is 24.1 Å². The van der Waals surface area contributed by atoms with Crippen LogP contribution in [0.4, 0.5) is 0 Å². The van der Waals surface area contributed by atoms with Crippen LogP contribution in [0.1, 0.15) is 12.8 Å². The Hall–Kier alpha value is -1.84. The summed E-state index contributed by atoms with van der Waals surface area (Å²) in [6, 6.07) is 0. The van der Waals surface area contributed by atoms with Crippen molar-refractivity contribution in [2.24, 2.45) is 5.73 Å². The number of nitrogens with one attached hydrogen (secondary N) is 1. The molecule has 27 heavy (non-hydrogen) atoms. The van der Waals surface area contributed by atoms with E-state index in [1.54, 1.807) is 0 Å². The van der Waals surface area contributed by atoms with Crippen molar-refractivity contribution in [3.8, 4) is 0 Å². The van der Waals surface area contributed by atoms with Gasteiger partial charge >= 0.3 is 23.9 Å². The molecule has 0 bridgehead atoms. The van der Waals surface area contributed by atoms with Gasteiger partial charge in [-0.1, -0.05) is 0 Å². The van der Waals surface area contributed by atoms with E-state index in [1.165, 1.54) is 0 Å². The standard InChI is InChI=1S/C12H21N3O8.Fe.H3N.2H2O/c13-1-2-14-7-12(3-8(16)17,4-9(18)19)15(5-10(20)21)6-11(22)23;;;;/h14H,1-7,13H2,(H,16,17)(H,18,19)(H,20,21)(H,22,23);;1H3;2*1H2. The molecule has 14 nitrogen and oxygen atoms in total. The maximum Gasteiger partial charge on any atom is 0.317 e. The molecule has 0 aliphatic heterocycles. The summed E-state index contributed by atoms with van der Waals surface area (Å²) in [4.78, 5) is 45.1. The molecule has 0 saturated heterocycles. The smallest absolute Gasteiger partial charge is 0.317 e. The van der Waals surface area contributed by atoms with Crippen molar-refractivity contribution in [1.29, 1.82) is 0 Å². The van der Waals surface area contributed by atoms with Gasteiger partial charge in [0.05, 0.1) is 31.5 Å². The first-order valence-corrected chi connectivity index (χ1v) is 6.66. The van der Waals surface area contributed by atoms with E-state index in [0.717, 1.165) is 4.90 Å². The van der Waals surface area contributed by atoms with Gasteiger partial charge in [-0.25, -0.2) is 0 Å². The second kappa shape index (κ2) is 17.6. The molecule has 0 unspecified atom stereocenters. The fourth-order valence-electron chi connectivity index (χ4n) is 2.23. The predicted octanol–water partition coefficient (Wildman–Crippen LogP) is -3.80. The molecule has 0 aliphatic rings. The Labute approximate surface area is 165 Å². The zero-order valence-electron chi connectivity index (χ0n) is 14.5. The zero-order chi connectivity index (χ0) is 18.0. The number of hydrogen-bond donors (Lipinski definition) is 7. The maximum atomic E-state index is 11.1. The minimum absolute atomic E-state index is 0. The first kappa shape index (κ1) is 36.1. The topological polar surface area (TPSA) is 288 Å². The van der Waals surface area contributed by atoms with Gasteiger partial charge in [-0.2, -0.15) is 0 Å². The number of aliphatic carboxylic acids is 4. The summed E-state index contributed by atoms with van der Waals surface area (Å²) >= 11 is 0. The number of nitrogens with zero attached hydrogens (tertiary/aromatic N) is 1. The Bertz CT molecular complexity index is 433. The summed E-state index contributed by atoms with van der Waals surface area (Å²) in [7, 11) is 0. The van der Waals surface area contributed by atoms with Crippen molar-refractivity contribution in [3.05, 3.63) is 0 Å². The number of carbonyl (C=O) groups is 4. The average Bonchev–Trinajstić information content (AvgIpc) is 2.35. The Morgan fingerprint density at radius 3 is 1.48 bits per heavy atom. The van der Waals surface area contributed by atoms with Crippen LogP contribution in [0.2, 0.25) is 0 Å². The SMILES string of the molecule is N.NCCNCC(CC(=O)O)(CC(=O)O)N(CC(=O)O)CC(=O)O.O.O.[Fe]. The second-order valence-electron chi connectivity index (χ2n) is 4.97. The molecule has 0 atom stereocenters. The fraction of sp³-hybridized carbons (Fsp3) is 0.667. The van der Waals surface area contributed by atoms with Crippen LogP contribution in [-0.4, -0.2) is 98.4 Å². The maximum absolute atomic E-state index is 11.1. The summed E-state index contributed by atoms with van der Waals surface area (Å²) in [5.41, 5.74) is 3.58. The van der Waals surface area contributed by atoms with E-state index >= 15 is 0 Å². The first-order chi connectivity index (χ1) is 10.6. The quantitative estimate of drug-likeness (QED) is 0.106. The molecule has 0 aliphatic carbocycles. The van der Waals surface area contributed by atoms with Crippen LogP contribution in [0.3, 0.4) is 0 Å². The third-order valence-corrected chi connectivity index (χ3v) is 3.06. The predicted molar refractivity (Wildman–Crippen MR) is 88.3 cm³/mol. The van der Waals surface area contributed by atoms with Crippen molar-refractivity contribution < 1.29 is 67.6 Å². The van der Waals surface area contributed by atoms with Crippen LogP contribution in [0.5, 0.6) is 0 Å². The van der Waals surface area contributed by atoms with Crippen molar-refractivity contribution >= 4 is 23.9 Å². The number of rotatable bonds is 13. The van der Waals surface area contributed by atoms with Gasteiger partial charge in [0, 0.05) is 36.7 Å². The Kier molecular flexibility index (Phi) is 23.5. The van der Waals surface area contributed by atoms with E-state index < -0.39 is 55.3 Å². The molecule has 15 heteroatoms. The second-order valence-corrected chi connectivity index (χ2v) is 4.97. The molecule has 0 aromatic rings. The van der Waals surface area contributed by atoms with Crippen LogP contribution in [0, 0.1) is 0 Å². The molecule has 0 fully saturated rings. The molecule has 0 saturated carbocycles. The van der Waals surface area contributed by atoms with Gasteiger partial charge in [0.2, 0.25) is 0 Å². The molecule has 14 N–H and O–H groups in total. The van der Waals surface area contributed by atoms with E-state index in [0.29, 0.717) is 0 Å². The van der Waals surface area contributed by atoms with Crippen LogP contribution < -0.4 is 17.2 Å². The van der Waals surface area contributed by atoms with Crippen LogP contribution in [0.15, 0.2) is 0 Å². The molecular formula is C12H28FeN4O10. The van der Waals surface area contributed by atoms with E-state index in [2.05, 4.69) is 5.32 Å². The van der Waals surface area contributed by atoms with E-state index in [-0.39, 0.29) is 53.8 Å². The first-order valence-electron chi connectivity index (χ1n) is 6.66. The van der Waals surface area contributed by atoms with Crippen molar-refractivity contribution in [1.82, 2.24) is 16.4 Å². The summed E-state index contributed by atoms with van der Waals surface area (Å²) in [6.07, 6.45) is -1.48. The molecule has 0 heterocycles. The van der Waals surface area contributed by atoms with Gasteiger partial charge in [0.1, 0.15) is 0 Å². The summed E-state index contributed by atoms with van der Waals surface area (Å²) < 4.78 is 0. The third-order valence-electron chi connectivity index (χ3n) is 3.06. The van der Waals surface area contributed by atoms with Gasteiger partial charge < -0.3 is 48.6 Å². The van der Waals surface area contributed by atoms with Crippen molar-refractivity contribution in [3.63, 3.8) is 0 Å². The Balaban J connectivity index is -0.000000403. The van der Waals surface area contributed by atoms with Gasteiger partial charge in [-0.15, -0.1) is 0 Å². The monoisotopic (exact) mass is 444 g/mol. The Morgan fingerprint density at radius 2 is 1.22 bits per heavy atom. The minimum Gasteiger partial charge on any atom is -0.481 e. The van der Waals surface area contributed by atoms with Crippen LogP contribution in [-0.2, 0) is 36.2 Å². The summed E-state index contributed by atoms with van der Waals surface area (Å²) in [6.45, 7) is -1.43. The van der Waals surface area contributed by atoms with Gasteiger partial charge in [-0.05, 0) is 0 Å².